The number of H-pyrrole nitrogens is 1. The van der Waals surface area contributed by atoms with Crippen LogP contribution in [0.5, 0.6) is 0 Å². The fourth-order valence-corrected chi connectivity index (χ4v) is 1.79. The smallest absolute Gasteiger partial charge is 0.334 e. The molecule has 0 aliphatic heterocycles. The summed E-state index contributed by atoms with van der Waals surface area (Å²) < 4.78 is 11.5. The molecule has 0 radical (unpaired) electrons. The number of esters is 2. The maximum Gasteiger partial charge on any atom is 0.334 e. The summed E-state index contributed by atoms with van der Waals surface area (Å²) in [5, 5.41) is 10.3. The van der Waals surface area contributed by atoms with Crippen LogP contribution >= 0.6 is 15.9 Å². The zero-order valence-corrected chi connectivity index (χ0v) is 21.9. The van der Waals surface area contributed by atoms with Gasteiger partial charge in [-0.1, -0.05) is 15.9 Å². The van der Waals surface area contributed by atoms with E-state index in [0.717, 1.165) is 0 Å². The highest BCUT2D eigenvalue weighted by Crippen LogP contribution is 2.21. The van der Waals surface area contributed by atoms with Crippen molar-refractivity contribution in [1.29, 1.82) is 0 Å². The number of hydrogen-bond donors (Lipinski definition) is 1. The van der Waals surface area contributed by atoms with Crippen LogP contribution in [0.1, 0.15) is 69.2 Å². The topological polar surface area (TPSA) is 99.1 Å². The minimum absolute atomic E-state index is 0.231. The first-order valence-corrected chi connectivity index (χ1v) is 10.8. The van der Waals surface area contributed by atoms with Crippen LogP contribution in [0, 0.1) is 0 Å². The molecule has 0 aliphatic carbocycles. The third-order valence-electron chi connectivity index (χ3n) is 3.27. The fraction of sp³-hybridized carbons (Fsp3) is 0.636. The number of hydrogen-bond acceptors (Lipinski definition) is 6. The summed E-state index contributed by atoms with van der Waals surface area (Å²) in [4.78, 5) is 23.1. The van der Waals surface area contributed by atoms with E-state index >= 15 is 0 Å². The lowest BCUT2D eigenvalue weighted by Crippen LogP contribution is -2.41. The van der Waals surface area contributed by atoms with E-state index in [-0.39, 0.29) is 11.9 Å². The van der Waals surface area contributed by atoms with Crippen molar-refractivity contribution in [1.82, 2.24) is 20.0 Å². The lowest BCUT2D eigenvalue weighted by Gasteiger charge is -2.28. The van der Waals surface area contributed by atoms with Gasteiger partial charge < -0.3 is 9.47 Å². The lowest BCUT2D eigenvalue weighted by atomic mass is 10.1. The molecule has 0 bridgehead atoms. The molecule has 2 aromatic rings. The quantitative estimate of drug-likeness (QED) is 0.476. The van der Waals surface area contributed by atoms with Gasteiger partial charge in [0.15, 0.2) is 5.54 Å². The molecule has 31 heavy (non-hydrogen) atoms. The Hall–Kier alpha value is -2.16. The standard InChI is InChI=1S/C11H18N2O2.C8H15BrO2.C3H4N2/c1-10(2,3)15-9(14)11(4,5)13-8-6-7-12-13;1-7(2,3)11-6(10)8(4,5)9;1-2-4-5-3-1/h6-8H,1-5H3;1-5H3;1-3H,(H,4,5). The number of alkyl halides is 1. The number of carbonyl (C=O) groups is 2. The van der Waals surface area contributed by atoms with Crippen LogP contribution in [-0.2, 0) is 24.6 Å². The average molecular weight is 501 g/mol. The van der Waals surface area contributed by atoms with Crippen molar-refractivity contribution in [2.24, 2.45) is 0 Å². The van der Waals surface area contributed by atoms with Crippen LogP contribution < -0.4 is 0 Å². The molecule has 1 N–H and O–H groups in total. The molecular formula is C22H37BrN4O4. The summed E-state index contributed by atoms with van der Waals surface area (Å²) in [6.45, 7) is 18.2. The van der Waals surface area contributed by atoms with Gasteiger partial charge in [0.1, 0.15) is 15.5 Å². The Bertz CT molecular complexity index is 749. The second-order valence-electron chi connectivity index (χ2n) is 9.75. The molecule has 2 rings (SSSR count). The Balaban J connectivity index is 0.000000489. The Kier molecular flexibility index (Phi) is 10.7. The molecular weight excluding hydrogens is 464 g/mol. The molecule has 0 aliphatic rings. The normalized spacial score (nSPS) is 12.0. The first-order chi connectivity index (χ1) is 13.9. The predicted octanol–water partition coefficient (Wildman–Crippen LogP) is 4.87. The summed E-state index contributed by atoms with van der Waals surface area (Å²) in [7, 11) is 0. The second-order valence-corrected chi connectivity index (χ2v) is 11.7. The largest absolute Gasteiger partial charge is 0.459 e. The molecule has 176 valence electrons. The van der Waals surface area contributed by atoms with E-state index in [4.69, 9.17) is 9.47 Å². The van der Waals surface area contributed by atoms with Crippen LogP contribution in [0.25, 0.3) is 0 Å². The van der Waals surface area contributed by atoms with Crippen LogP contribution in [0.4, 0.5) is 0 Å². The molecule has 2 aromatic heterocycles. The molecule has 0 spiro atoms. The zero-order valence-electron chi connectivity index (χ0n) is 20.3. The summed E-state index contributed by atoms with van der Waals surface area (Å²) in [5.41, 5.74) is -1.64. The SMILES string of the molecule is CC(C)(C)OC(=O)C(C)(C)Br.CC(C)(C)OC(=O)C(C)(C)n1cccn1.c1cn[nH]c1. The van der Waals surface area contributed by atoms with Gasteiger partial charge in [-0.3, -0.25) is 14.6 Å². The number of aromatic nitrogens is 4. The summed E-state index contributed by atoms with van der Waals surface area (Å²) in [6, 6.07) is 3.62. The van der Waals surface area contributed by atoms with Crippen LogP contribution in [0.2, 0.25) is 0 Å². The first kappa shape index (κ1) is 28.8. The van der Waals surface area contributed by atoms with E-state index in [1.165, 1.54) is 0 Å². The van der Waals surface area contributed by atoms with E-state index < -0.39 is 21.1 Å². The van der Waals surface area contributed by atoms with Gasteiger partial charge in [-0.2, -0.15) is 10.2 Å². The van der Waals surface area contributed by atoms with Crippen molar-refractivity contribution >= 4 is 27.9 Å². The van der Waals surface area contributed by atoms with Gasteiger partial charge in [-0.25, -0.2) is 4.79 Å². The molecule has 0 saturated heterocycles. The average Bonchev–Trinajstić information content (AvgIpc) is 3.28. The molecule has 2 heterocycles. The van der Waals surface area contributed by atoms with Gasteiger partial charge >= 0.3 is 11.9 Å². The Morgan fingerprint density at radius 3 is 1.61 bits per heavy atom. The monoisotopic (exact) mass is 500 g/mol. The van der Waals surface area contributed by atoms with E-state index in [0.29, 0.717) is 0 Å². The minimum atomic E-state index is -0.767. The van der Waals surface area contributed by atoms with E-state index in [1.807, 2.05) is 47.6 Å². The third-order valence-corrected chi connectivity index (χ3v) is 3.59. The number of nitrogens with zero attached hydrogens (tertiary/aromatic N) is 3. The molecule has 0 atom stereocenters. The van der Waals surface area contributed by atoms with Crippen LogP contribution in [-0.4, -0.2) is 47.4 Å². The second kappa shape index (κ2) is 11.5. The highest BCUT2D eigenvalue weighted by Gasteiger charge is 2.34. The van der Waals surface area contributed by atoms with Crippen molar-refractivity contribution in [3.8, 4) is 0 Å². The lowest BCUT2D eigenvalue weighted by molar-refractivity contribution is -0.165. The molecule has 9 heteroatoms. The van der Waals surface area contributed by atoms with Gasteiger partial charge in [0.25, 0.3) is 0 Å². The summed E-state index contributed by atoms with van der Waals surface area (Å²) >= 11 is 3.22. The van der Waals surface area contributed by atoms with E-state index in [2.05, 4.69) is 31.2 Å². The number of rotatable bonds is 3. The van der Waals surface area contributed by atoms with Crippen molar-refractivity contribution in [3.05, 3.63) is 36.9 Å². The Morgan fingerprint density at radius 2 is 1.35 bits per heavy atom. The number of carbonyl (C=O) groups excluding carboxylic acids is 2. The maximum atomic E-state index is 11.9. The van der Waals surface area contributed by atoms with Gasteiger partial charge in [-0.15, -0.1) is 0 Å². The number of nitrogens with one attached hydrogen (secondary N) is 1. The molecule has 0 saturated carbocycles. The summed E-state index contributed by atoms with van der Waals surface area (Å²) in [6.07, 6.45) is 6.86. The van der Waals surface area contributed by atoms with E-state index in [1.54, 1.807) is 63.2 Å². The Morgan fingerprint density at radius 1 is 0.839 bits per heavy atom. The number of ether oxygens (including phenoxy) is 2. The molecule has 0 fully saturated rings. The van der Waals surface area contributed by atoms with Gasteiger partial charge in [0, 0.05) is 24.8 Å². The minimum Gasteiger partial charge on any atom is -0.459 e. The van der Waals surface area contributed by atoms with Crippen LogP contribution in [0.3, 0.4) is 0 Å². The van der Waals surface area contributed by atoms with Gasteiger partial charge in [-0.05, 0) is 81.4 Å². The number of halogens is 1. The third kappa shape index (κ3) is 13.0. The molecule has 0 aromatic carbocycles. The predicted molar refractivity (Wildman–Crippen MR) is 125 cm³/mol. The fourth-order valence-electron chi connectivity index (χ4n) is 1.71. The molecule has 0 unspecified atom stereocenters. The van der Waals surface area contributed by atoms with Gasteiger partial charge in [0.2, 0.25) is 0 Å². The van der Waals surface area contributed by atoms with Crippen molar-refractivity contribution < 1.29 is 19.1 Å². The van der Waals surface area contributed by atoms with Crippen molar-refractivity contribution in [3.63, 3.8) is 0 Å². The van der Waals surface area contributed by atoms with Crippen LogP contribution in [0.15, 0.2) is 36.9 Å². The molecule has 0 amide bonds. The maximum absolute atomic E-state index is 11.9. The molecule has 8 nitrogen and oxygen atoms in total. The Labute approximate surface area is 194 Å². The first-order valence-electron chi connectivity index (χ1n) is 9.96. The zero-order chi connectivity index (χ0) is 24.5. The highest BCUT2D eigenvalue weighted by atomic mass is 79.9. The highest BCUT2D eigenvalue weighted by molar-refractivity contribution is 9.10. The van der Waals surface area contributed by atoms with Gasteiger partial charge in [0.05, 0.1) is 0 Å². The van der Waals surface area contributed by atoms with E-state index in [9.17, 15) is 9.59 Å². The summed E-state index contributed by atoms with van der Waals surface area (Å²) in [5.74, 6) is -0.510. The van der Waals surface area contributed by atoms with Crippen molar-refractivity contribution in [2.75, 3.05) is 0 Å². The number of aromatic amines is 1. The van der Waals surface area contributed by atoms with Crippen molar-refractivity contribution in [2.45, 2.75) is 90.3 Å².